The van der Waals surface area contributed by atoms with Crippen LogP contribution in [0.5, 0.6) is 5.88 Å². The number of fused-ring (bicyclic) bond motifs is 1. The van der Waals surface area contributed by atoms with Crippen molar-refractivity contribution in [1.29, 1.82) is 0 Å². The van der Waals surface area contributed by atoms with Crippen LogP contribution < -0.4 is 4.74 Å². The molecule has 9 heteroatoms. The number of hydrogen-bond donors (Lipinski definition) is 0. The normalized spacial score (nSPS) is 11.3. The number of aromatic nitrogens is 4. The fraction of sp³-hybridized carbons (Fsp3) is 0.304. The van der Waals surface area contributed by atoms with Gasteiger partial charge in [0.15, 0.2) is 0 Å². The molecule has 0 saturated carbocycles. The standard InChI is InChI=1S/C23H23ClN4O4/c1-13(2)31-23-18(24)11-16(12-25-23)22-26-21(27-32-22)14-5-7-19-15(9-14)10-17(28(19)3)6-8-20(29)30-4/h5,7,9-13H,6,8H2,1-4H3. The Morgan fingerprint density at radius 2 is 2.03 bits per heavy atom. The van der Waals surface area contributed by atoms with Gasteiger partial charge < -0.3 is 18.6 Å². The minimum Gasteiger partial charge on any atom is -0.474 e. The third kappa shape index (κ3) is 4.45. The Morgan fingerprint density at radius 3 is 2.75 bits per heavy atom. The molecular weight excluding hydrogens is 432 g/mol. The number of carbonyl (C=O) groups is 1. The molecule has 0 amide bonds. The molecule has 0 unspecified atom stereocenters. The van der Waals surface area contributed by atoms with Gasteiger partial charge in [-0.05, 0) is 50.6 Å². The van der Waals surface area contributed by atoms with Crippen molar-refractivity contribution in [3.05, 3.63) is 47.2 Å². The summed E-state index contributed by atoms with van der Waals surface area (Å²) < 4.78 is 17.8. The predicted molar refractivity (Wildman–Crippen MR) is 121 cm³/mol. The van der Waals surface area contributed by atoms with Gasteiger partial charge in [-0.1, -0.05) is 16.8 Å². The zero-order valence-corrected chi connectivity index (χ0v) is 19.0. The average Bonchev–Trinajstić information content (AvgIpc) is 3.38. The maximum atomic E-state index is 11.5. The lowest BCUT2D eigenvalue weighted by molar-refractivity contribution is -0.140. The van der Waals surface area contributed by atoms with E-state index in [1.165, 1.54) is 7.11 Å². The van der Waals surface area contributed by atoms with Gasteiger partial charge in [0, 0.05) is 35.4 Å². The lowest BCUT2D eigenvalue weighted by Crippen LogP contribution is -2.07. The first-order valence-corrected chi connectivity index (χ1v) is 10.6. The number of hydrogen-bond acceptors (Lipinski definition) is 7. The average molecular weight is 455 g/mol. The molecule has 0 saturated heterocycles. The summed E-state index contributed by atoms with van der Waals surface area (Å²) in [5.41, 5.74) is 3.52. The number of rotatable bonds is 7. The van der Waals surface area contributed by atoms with Gasteiger partial charge in [0.05, 0.1) is 25.2 Å². The third-order valence-electron chi connectivity index (χ3n) is 5.04. The van der Waals surface area contributed by atoms with Gasteiger partial charge in [0.2, 0.25) is 11.7 Å². The van der Waals surface area contributed by atoms with Crippen LogP contribution in [0.3, 0.4) is 0 Å². The highest BCUT2D eigenvalue weighted by Crippen LogP contribution is 2.30. The van der Waals surface area contributed by atoms with E-state index in [1.807, 2.05) is 39.1 Å². The summed E-state index contributed by atoms with van der Waals surface area (Å²) >= 11 is 6.28. The van der Waals surface area contributed by atoms with Crippen LogP contribution in [0.15, 0.2) is 41.1 Å². The zero-order valence-electron chi connectivity index (χ0n) is 18.3. The Kier molecular flexibility index (Phi) is 6.14. The maximum absolute atomic E-state index is 11.5. The quantitative estimate of drug-likeness (QED) is 0.369. The number of pyridine rings is 1. The SMILES string of the molecule is COC(=O)CCc1cc2cc(-c3noc(-c4cnc(OC(C)C)c(Cl)c4)n3)ccc2n1C. The molecule has 0 bridgehead atoms. The molecule has 0 aliphatic carbocycles. The number of ether oxygens (including phenoxy) is 2. The fourth-order valence-corrected chi connectivity index (χ4v) is 3.64. The molecule has 0 spiro atoms. The molecule has 4 rings (SSSR count). The van der Waals surface area contributed by atoms with E-state index in [-0.39, 0.29) is 12.1 Å². The minimum atomic E-state index is -0.228. The van der Waals surface area contributed by atoms with Crippen LogP contribution in [0, 0.1) is 0 Å². The molecule has 0 aliphatic heterocycles. The lowest BCUT2D eigenvalue weighted by Gasteiger charge is -2.09. The monoisotopic (exact) mass is 454 g/mol. The van der Waals surface area contributed by atoms with Crippen LogP contribution >= 0.6 is 11.6 Å². The lowest BCUT2D eigenvalue weighted by atomic mass is 10.1. The van der Waals surface area contributed by atoms with E-state index < -0.39 is 0 Å². The number of nitrogens with zero attached hydrogens (tertiary/aromatic N) is 4. The van der Waals surface area contributed by atoms with E-state index >= 15 is 0 Å². The first kappa shape index (κ1) is 21.8. The molecule has 0 aliphatic rings. The third-order valence-corrected chi connectivity index (χ3v) is 5.31. The molecule has 0 N–H and O–H groups in total. The van der Waals surface area contributed by atoms with E-state index in [9.17, 15) is 4.79 Å². The molecule has 0 atom stereocenters. The number of aryl methyl sites for hydroxylation is 2. The number of halogens is 1. The van der Waals surface area contributed by atoms with Crippen LogP contribution in [0.1, 0.15) is 26.0 Å². The largest absolute Gasteiger partial charge is 0.474 e. The Labute approximate surface area is 190 Å². The van der Waals surface area contributed by atoms with Gasteiger partial charge in [0.25, 0.3) is 5.89 Å². The highest BCUT2D eigenvalue weighted by Gasteiger charge is 2.16. The summed E-state index contributed by atoms with van der Waals surface area (Å²) in [6.45, 7) is 3.81. The molecule has 166 valence electrons. The van der Waals surface area contributed by atoms with Gasteiger partial charge >= 0.3 is 5.97 Å². The molecule has 8 nitrogen and oxygen atoms in total. The summed E-state index contributed by atoms with van der Waals surface area (Å²) in [4.78, 5) is 20.2. The summed E-state index contributed by atoms with van der Waals surface area (Å²) in [5, 5.41) is 5.51. The van der Waals surface area contributed by atoms with E-state index in [2.05, 4.69) is 25.8 Å². The molecule has 0 radical (unpaired) electrons. The van der Waals surface area contributed by atoms with Crippen LogP contribution in [-0.2, 0) is 23.0 Å². The Balaban J connectivity index is 1.59. The number of esters is 1. The first-order chi connectivity index (χ1) is 15.4. The van der Waals surface area contributed by atoms with Crippen LogP contribution in [0.25, 0.3) is 33.7 Å². The minimum absolute atomic E-state index is 0.0326. The smallest absolute Gasteiger partial charge is 0.305 e. The first-order valence-electron chi connectivity index (χ1n) is 10.2. The molecule has 0 fully saturated rings. The molecule has 3 heterocycles. The maximum Gasteiger partial charge on any atom is 0.305 e. The molecule has 32 heavy (non-hydrogen) atoms. The van der Waals surface area contributed by atoms with Crippen molar-refractivity contribution >= 4 is 28.5 Å². The van der Waals surface area contributed by atoms with Crippen LogP contribution in [0.4, 0.5) is 0 Å². The number of carbonyl (C=O) groups excluding carboxylic acids is 1. The molecular formula is C23H23ClN4O4. The summed E-state index contributed by atoms with van der Waals surface area (Å²) in [6.07, 6.45) is 2.49. The van der Waals surface area contributed by atoms with Gasteiger partial charge in [0.1, 0.15) is 5.02 Å². The summed E-state index contributed by atoms with van der Waals surface area (Å²) in [6, 6.07) is 9.68. The van der Waals surface area contributed by atoms with Crippen molar-refractivity contribution < 1.29 is 18.8 Å². The molecule has 1 aromatic carbocycles. The van der Waals surface area contributed by atoms with Crippen LogP contribution in [-0.4, -0.2) is 38.9 Å². The fourth-order valence-electron chi connectivity index (χ4n) is 3.43. The Morgan fingerprint density at radius 1 is 1.22 bits per heavy atom. The van der Waals surface area contributed by atoms with Crippen molar-refractivity contribution in [3.8, 4) is 28.7 Å². The van der Waals surface area contributed by atoms with Gasteiger partial charge in [-0.15, -0.1) is 0 Å². The van der Waals surface area contributed by atoms with E-state index in [1.54, 1.807) is 12.3 Å². The van der Waals surface area contributed by atoms with E-state index in [0.717, 1.165) is 22.2 Å². The highest BCUT2D eigenvalue weighted by atomic mass is 35.5. The molecule has 3 aromatic heterocycles. The zero-order chi connectivity index (χ0) is 22.8. The Hall–Kier alpha value is -3.39. The van der Waals surface area contributed by atoms with Gasteiger partial charge in [-0.25, -0.2) is 4.98 Å². The predicted octanol–water partition coefficient (Wildman–Crippen LogP) is 4.84. The second kappa shape index (κ2) is 9.00. The molecule has 4 aromatic rings. The number of benzene rings is 1. The van der Waals surface area contributed by atoms with Crippen molar-refractivity contribution in [2.45, 2.75) is 32.8 Å². The van der Waals surface area contributed by atoms with E-state index in [0.29, 0.717) is 41.0 Å². The van der Waals surface area contributed by atoms with E-state index in [4.69, 9.17) is 25.6 Å². The van der Waals surface area contributed by atoms with Crippen LogP contribution in [0.2, 0.25) is 5.02 Å². The second-order valence-corrected chi connectivity index (χ2v) is 8.05. The van der Waals surface area contributed by atoms with Crippen molar-refractivity contribution in [1.82, 2.24) is 19.7 Å². The summed E-state index contributed by atoms with van der Waals surface area (Å²) in [5.74, 6) is 0.911. The highest BCUT2D eigenvalue weighted by molar-refractivity contribution is 6.32. The van der Waals surface area contributed by atoms with Crippen molar-refractivity contribution in [2.24, 2.45) is 7.05 Å². The number of methoxy groups -OCH3 is 1. The Bertz CT molecular complexity index is 1280. The second-order valence-electron chi connectivity index (χ2n) is 7.65. The van der Waals surface area contributed by atoms with Gasteiger partial charge in [-0.2, -0.15) is 4.98 Å². The topological polar surface area (TPSA) is 92.3 Å². The van der Waals surface area contributed by atoms with Crippen molar-refractivity contribution in [2.75, 3.05) is 7.11 Å². The summed E-state index contributed by atoms with van der Waals surface area (Å²) in [7, 11) is 3.37. The van der Waals surface area contributed by atoms with Crippen molar-refractivity contribution in [3.63, 3.8) is 0 Å². The van der Waals surface area contributed by atoms with Gasteiger partial charge in [-0.3, -0.25) is 4.79 Å².